The monoisotopic (exact) mass is 1130 g/mol. The van der Waals surface area contributed by atoms with Crippen molar-refractivity contribution in [3.05, 3.63) is 0 Å². The first-order chi connectivity index (χ1) is 31.0. The fourth-order valence-corrected chi connectivity index (χ4v) is 10.2. The van der Waals surface area contributed by atoms with Crippen LogP contribution in [-0.4, -0.2) is 179 Å². The van der Waals surface area contributed by atoms with E-state index in [0.29, 0.717) is 0 Å². The van der Waals surface area contributed by atoms with Gasteiger partial charge in [-0.2, -0.15) is 70.2 Å². The summed E-state index contributed by atoms with van der Waals surface area (Å²) in [5, 5.41) is 19.4. The van der Waals surface area contributed by atoms with Crippen LogP contribution in [0.25, 0.3) is 0 Å². The van der Waals surface area contributed by atoms with Gasteiger partial charge in [0, 0.05) is 6.61 Å². The minimum atomic E-state index is -8.63. The van der Waals surface area contributed by atoms with Gasteiger partial charge in [0.05, 0.1) is 39.1 Å². The Labute approximate surface area is 365 Å². The molecule has 8 rings (SSSR count). The van der Waals surface area contributed by atoms with Crippen LogP contribution in [0.3, 0.4) is 0 Å². The molecule has 40 heteroatoms. The van der Waals surface area contributed by atoms with Crippen LogP contribution in [0, 0.1) is 10.8 Å². The molecule has 0 spiro atoms. The van der Waals surface area contributed by atoms with E-state index in [2.05, 4.69) is 18.9 Å². The van der Waals surface area contributed by atoms with Gasteiger partial charge in [0.25, 0.3) is 10.8 Å². The largest absolute Gasteiger partial charge is 0.391 e. The quantitative estimate of drug-likeness (QED) is 0.119. The van der Waals surface area contributed by atoms with Crippen molar-refractivity contribution >= 4 is 0 Å². The average molecular weight is 1130 g/mol. The van der Waals surface area contributed by atoms with Crippen molar-refractivity contribution in [1.29, 1.82) is 0 Å². The third-order valence-corrected chi connectivity index (χ3v) is 13.7. The molecule has 416 valence electrons. The smallest absolute Gasteiger partial charge is 0.379 e. The summed E-state index contributed by atoms with van der Waals surface area (Å²) in [6.45, 7) is -11.2. The first-order valence-corrected chi connectivity index (χ1v) is 18.2. The van der Waals surface area contributed by atoms with Crippen molar-refractivity contribution in [3.63, 3.8) is 0 Å². The predicted octanol–water partition coefficient (Wildman–Crippen LogP) is 9.28. The van der Waals surface area contributed by atoms with Crippen LogP contribution >= 0.6 is 0 Å². The van der Waals surface area contributed by atoms with Gasteiger partial charge in [-0.3, -0.25) is 0 Å². The van der Waals surface area contributed by atoms with Gasteiger partial charge in [-0.15, -0.1) is 0 Å². The molecule has 0 aromatic heterocycles. The summed E-state index contributed by atoms with van der Waals surface area (Å²) < 4.78 is 524. The molecule has 8 aliphatic carbocycles. The lowest BCUT2D eigenvalue weighted by molar-refractivity contribution is -0.641. The first-order valence-electron chi connectivity index (χ1n) is 18.2. The van der Waals surface area contributed by atoms with Crippen LogP contribution in [0.5, 0.6) is 0 Å². The van der Waals surface area contributed by atoms with E-state index < -0.39 is 186 Å². The number of aliphatic hydroxyl groups excluding tert-OH is 2. The zero-order valence-corrected chi connectivity index (χ0v) is 32.5. The molecule has 2 N–H and O–H groups in total. The van der Waals surface area contributed by atoms with Gasteiger partial charge in [-0.1, -0.05) is 0 Å². The average Bonchev–Trinajstić information content (AvgIpc) is 3.18. The lowest BCUT2D eigenvalue weighted by Crippen LogP contribution is -3.09. The number of ether oxygens (including phenoxy) is 4. The van der Waals surface area contributed by atoms with E-state index in [1.807, 2.05) is 0 Å². The molecule has 71 heavy (non-hydrogen) atoms. The second kappa shape index (κ2) is 13.9. The number of hydrogen-bond donors (Lipinski definition) is 2. The third-order valence-electron chi connectivity index (χ3n) is 13.7. The summed E-state index contributed by atoms with van der Waals surface area (Å²) in [7, 11) is 0. The molecule has 0 aliphatic heterocycles. The summed E-state index contributed by atoms with van der Waals surface area (Å²) in [6.07, 6.45) is -23.4. The van der Waals surface area contributed by atoms with E-state index in [4.69, 9.17) is 0 Å². The van der Waals surface area contributed by atoms with Crippen molar-refractivity contribution in [2.75, 3.05) is 39.6 Å². The molecule has 6 nitrogen and oxygen atoms in total. The Morgan fingerprint density at radius 1 is 0.282 bits per heavy atom. The Bertz CT molecular complexity index is 1800. The number of rotatable bonds is 16. The molecule has 8 bridgehead atoms. The standard InChI is InChI=1S/C31H18F34O6/c32-12-18(38,39)10(19(40,41)13(33,24(12,50)51)26(54,55)14(34,20(10,42)43)25(12,52)53)30(62,63)70-6-8(66)1-2-68-3-4-69-5-9(67)7-71-31(64,65)11-21(44,45)15(35)27(56,57)16(36,22(11,46)47)29(60,61)17(37,23(11,48)49)28(15,58)59/h8-9,66-67H,1-7H2. The number of alkyl halides is 34. The highest BCUT2D eigenvalue weighted by Gasteiger charge is 3.27. The van der Waals surface area contributed by atoms with E-state index in [0.717, 1.165) is 0 Å². The topological polar surface area (TPSA) is 77.4 Å². The normalized spacial score (nSPS) is 44.1. The van der Waals surface area contributed by atoms with Crippen LogP contribution in [0.4, 0.5) is 149 Å². The Morgan fingerprint density at radius 2 is 0.493 bits per heavy atom. The Hall–Kier alpha value is -2.62. The Morgan fingerprint density at radius 3 is 0.732 bits per heavy atom. The Kier molecular flexibility index (Phi) is 11.3. The predicted molar refractivity (Wildman–Crippen MR) is 147 cm³/mol. The van der Waals surface area contributed by atoms with E-state index in [-0.39, 0.29) is 0 Å². The molecule has 2 unspecified atom stereocenters. The van der Waals surface area contributed by atoms with Crippen LogP contribution in [0.1, 0.15) is 6.42 Å². The van der Waals surface area contributed by atoms with Crippen LogP contribution in [0.15, 0.2) is 0 Å². The highest BCUT2D eigenvalue weighted by atomic mass is 19.4. The Balaban J connectivity index is 1.09. The minimum Gasteiger partial charge on any atom is -0.391 e. The van der Waals surface area contributed by atoms with Gasteiger partial charge >= 0.3 is 117 Å². The fourth-order valence-electron chi connectivity index (χ4n) is 10.2. The van der Waals surface area contributed by atoms with Crippen LogP contribution in [-0.2, 0) is 18.9 Å². The maximum atomic E-state index is 15.2. The molecule has 2 atom stereocenters. The molecule has 0 heterocycles. The molecule has 0 radical (unpaired) electrons. The third kappa shape index (κ3) is 4.49. The van der Waals surface area contributed by atoms with E-state index in [1.165, 1.54) is 0 Å². The van der Waals surface area contributed by atoms with E-state index in [9.17, 15) is 62.9 Å². The maximum Gasteiger partial charge on any atom is 0.379 e. The van der Waals surface area contributed by atoms with Crippen molar-refractivity contribution in [2.24, 2.45) is 10.8 Å². The zero-order valence-electron chi connectivity index (χ0n) is 32.5. The molecule has 8 aliphatic rings. The lowest BCUT2D eigenvalue weighted by atomic mass is 9.36. The summed E-state index contributed by atoms with van der Waals surface area (Å²) in [5.41, 5.74) is -67.6. The van der Waals surface area contributed by atoms with Gasteiger partial charge in [0.2, 0.25) is 0 Å². The molecule has 0 saturated heterocycles. The van der Waals surface area contributed by atoms with E-state index in [1.54, 1.807) is 0 Å². The highest BCUT2D eigenvalue weighted by molar-refractivity contribution is 5.55. The van der Waals surface area contributed by atoms with Gasteiger partial charge in [-0.05, 0) is 6.42 Å². The fraction of sp³-hybridized carbons (Fsp3) is 1.00. The maximum absolute atomic E-state index is 15.2. The van der Waals surface area contributed by atoms with Gasteiger partial charge in [0.1, 0.15) is 6.10 Å². The molecule has 0 amide bonds. The van der Waals surface area contributed by atoms with Gasteiger partial charge in [-0.25, -0.2) is 79.0 Å². The minimum absolute atomic E-state index is 1.19. The van der Waals surface area contributed by atoms with Gasteiger partial charge in [0.15, 0.2) is 0 Å². The molecule has 8 fully saturated rings. The molecule has 8 saturated carbocycles. The molecule has 0 aromatic rings. The van der Waals surface area contributed by atoms with E-state index >= 15 is 96.6 Å². The highest BCUT2D eigenvalue weighted by Crippen LogP contribution is 2.94. The number of hydrogen-bond acceptors (Lipinski definition) is 6. The second-order valence-corrected chi connectivity index (χ2v) is 16.8. The second-order valence-electron chi connectivity index (χ2n) is 16.8. The first kappa shape index (κ1) is 57.7. The summed E-state index contributed by atoms with van der Waals surface area (Å²) in [4.78, 5) is 0. The summed E-state index contributed by atoms with van der Waals surface area (Å²) in [6, 6.07) is 0. The summed E-state index contributed by atoms with van der Waals surface area (Å²) >= 11 is 0. The van der Waals surface area contributed by atoms with Gasteiger partial charge < -0.3 is 29.2 Å². The zero-order chi connectivity index (χ0) is 55.9. The molecular formula is C31H18F34O6. The lowest BCUT2D eigenvalue weighted by Gasteiger charge is -2.75. The van der Waals surface area contributed by atoms with Crippen LogP contribution in [0.2, 0.25) is 0 Å². The van der Waals surface area contributed by atoms with Crippen molar-refractivity contribution in [2.45, 2.75) is 136 Å². The SMILES string of the molecule is OC(CCOCCOCC(O)COC(F)(F)C12C(F)(F)C3(F)C(F)(F)C(F)(C(F)(F)C(F)(C3(F)F)C1(F)F)C2(F)F)COC(F)(F)C12C(F)(F)C3(F)C(F)(F)C(F)(C(F)(F)C(F)(C3(F)F)C1(F)F)C2(F)F. The number of aliphatic hydroxyl groups is 2. The van der Waals surface area contributed by atoms with Crippen molar-refractivity contribution in [1.82, 2.24) is 0 Å². The molecular weight excluding hydrogens is 1110 g/mol. The molecule has 0 aromatic carbocycles. The van der Waals surface area contributed by atoms with Crippen molar-refractivity contribution < 1.29 is 178 Å². The van der Waals surface area contributed by atoms with Crippen LogP contribution < -0.4 is 0 Å². The summed E-state index contributed by atoms with van der Waals surface area (Å²) in [5.74, 6) is -102. The van der Waals surface area contributed by atoms with Crippen molar-refractivity contribution in [3.8, 4) is 0 Å². The number of halogens is 34.